The molecule has 1 aromatic rings. The normalized spacial score (nSPS) is 16.9. The molecule has 1 aliphatic heterocycles. The molecule has 7 heteroatoms. The molecular formula is C14H26N6O. The van der Waals surface area contributed by atoms with Crippen LogP contribution in [0.2, 0.25) is 0 Å². The minimum absolute atomic E-state index is 0.848. The molecule has 21 heavy (non-hydrogen) atoms. The maximum atomic E-state index is 5.34. The van der Waals surface area contributed by atoms with E-state index in [1.807, 2.05) is 16.9 Å². The molecule has 0 bridgehead atoms. The Morgan fingerprint density at radius 1 is 1.24 bits per heavy atom. The van der Waals surface area contributed by atoms with Crippen molar-refractivity contribution in [1.29, 1.82) is 0 Å². The third kappa shape index (κ3) is 6.14. The first kappa shape index (κ1) is 15.8. The third-order valence-corrected chi connectivity index (χ3v) is 3.46. The van der Waals surface area contributed by atoms with Crippen molar-refractivity contribution < 1.29 is 4.74 Å². The van der Waals surface area contributed by atoms with Crippen LogP contribution in [-0.4, -0.2) is 73.6 Å². The average Bonchev–Trinajstić information content (AvgIpc) is 3.04. The van der Waals surface area contributed by atoms with E-state index in [-0.39, 0.29) is 0 Å². The topological polar surface area (TPSA) is 66.7 Å². The molecule has 0 saturated carbocycles. The highest BCUT2D eigenvalue weighted by Gasteiger charge is 2.09. The molecule has 1 aromatic heterocycles. The smallest absolute Gasteiger partial charge is 0.191 e. The van der Waals surface area contributed by atoms with Gasteiger partial charge in [0.25, 0.3) is 0 Å². The van der Waals surface area contributed by atoms with Crippen molar-refractivity contribution in [3.63, 3.8) is 0 Å². The zero-order valence-corrected chi connectivity index (χ0v) is 12.8. The molecule has 7 nitrogen and oxygen atoms in total. The summed E-state index contributed by atoms with van der Waals surface area (Å²) in [4.78, 5) is 6.64. The Kier molecular flexibility index (Phi) is 7.03. The van der Waals surface area contributed by atoms with Gasteiger partial charge < -0.3 is 15.4 Å². The number of aryl methyl sites for hydroxylation is 1. The third-order valence-electron chi connectivity index (χ3n) is 3.46. The van der Waals surface area contributed by atoms with Crippen LogP contribution >= 0.6 is 0 Å². The van der Waals surface area contributed by atoms with Crippen LogP contribution in [0.5, 0.6) is 0 Å². The summed E-state index contributed by atoms with van der Waals surface area (Å²) >= 11 is 0. The van der Waals surface area contributed by atoms with Gasteiger partial charge in [0.1, 0.15) is 0 Å². The fourth-order valence-electron chi connectivity index (χ4n) is 2.26. The number of rotatable bonds is 7. The van der Waals surface area contributed by atoms with Gasteiger partial charge in [-0.3, -0.25) is 14.6 Å². The minimum atomic E-state index is 0.848. The molecular weight excluding hydrogens is 268 g/mol. The number of aliphatic imine (C=N–C) groups is 1. The Morgan fingerprint density at radius 3 is 2.76 bits per heavy atom. The second-order valence-electron chi connectivity index (χ2n) is 5.00. The van der Waals surface area contributed by atoms with E-state index in [4.69, 9.17) is 4.74 Å². The molecule has 0 unspecified atom stereocenters. The molecule has 0 spiro atoms. The maximum absolute atomic E-state index is 5.34. The lowest BCUT2D eigenvalue weighted by atomic mass is 10.4. The first-order valence-corrected chi connectivity index (χ1v) is 7.60. The van der Waals surface area contributed by atoms with Crippen LogP contribution in [0.4, 0.5) is 0 Å². The van der Waals surface area contributed by atoms with Gasteiger partial charge in [-0.1, -0.05) is 0 Å². The first-order chi connectivity index (χ1) is 10.4. The van der Waals surface area contributed by atoms with E-state index in [0.29, 0.717) is 0 Å². The van der Waals surface area contributed by atoms with Gasteiger partial charge in [-0.15, -0.1) is 0 Å². The molecule has 2 rings (SSSR count). The molecule has 118 valence electrons. The van der Waals surface area contributed by atoms with E-state index in [1.165, 1.54) is 0 Å². The van der Waals surface area contributed by atoms with Gasteiger partial charge in [0.2, 0.25) is 0 Å². The van der Waals surface area contributed by atoms with Crippen LogP contribution in [0.15, 0.2) is 23.5 Å². The van der Waals surface area contributed by atoms with E-state index in [0.717, 1.165) is 64.9 Å². The quantitative estimate of drug-likeness (QED) is 0.413. The van der Waals surface area contributed by atoms with E-state index in [1.54, 1.807) is 13.2 Å². The summed E-state index contributed by atoms with van der Waals surface area (Å²) in [5.41, 5.74) is 0. The van der Waals surface area contributed by atoms with Crippen LogP contribution in [0.3, 0.4) is 0 Å². The molecule has 2 heterocycles. The van der Waals surface area contributed by atoms with Crippen LogP contribution in [0.25, 0.3) is 0 Å². The summed E-state index contributed by atoms with van der Waals surface area (Å²) in [5, 5.41) is 10.9. The Labute approximate surface area is 126 Å². The van der Waals surface area contributed by atoms with E-state index < -0.39 is 0 Å². The van der Waals surface area contributed by atoms with E-state index in [2.05, 4.69) is 25.6 Å². The summed E-state index contributed by atoms with van der Waals surface area (Å²) in [7, 11) is 1.80. The van der Waals surface area contributed by atoms with Crippen molar-refractivity contribution in [3.05, 3.63) is 18.5 Å². The standard InChI is InChI=1S/C14H26N6O/c1-15-14(16-4-2-7-20-8-3-5-18-20)17-6-9-19-10-12-21-13-11-19/h3,5,8H,2,4,6-7,9-13H2,1H3,(H2,15,16,17). The molecule has 0 amide bonds. The number of nitrogens with one attached hydrogen (secondary N) is 2. The van der Waals surface area contributed by atoms with Gasteiger partial charge in [-0.05, 0) is 12.5 Å². The van der Waals surface area contributed by atoms with Crippen molar-refractivity contribution in [3.8, 4) is 0 Å². The van der Waals surface area contributed by atoms with Crippen molar-refractivity contribution in [2.24, 2.45) is 4.99 Å². The minimum Gasteiger partial charge on any atom is -0.379 e. The predicted molar refractivity (Wildman–Crippen MR) is 83.5 cm³/mol. The SMILES string of the molecule is CN=C(NCCCn1cccn1)NCCN1CCOCC1. The van der Waals surface area contributed by atoms with Crippen LogP contribution in [0.1, 0.15) is 6.42 Å². The number of aromatic nitrogens is 2. The molecule has 2 N–H and O–H groups in total. The Hall–Kier alpha value is -1.60. The molecule has 0 atom stereocenters. The van der Waals surface area contributed by atoms with Gasteiger partial charge in [0.15, 0.2) is 5.96 Å². The number of ether oxygens (including phenoxy) is 1. The fraction of sp³-hybridized carbons (Fsp3) is 0.714. The number of guanidine groups is 1. The lowest BCUT2D eigenvalue weighted by Crippen LogP contribution is -2.44. The molecule has 0 aliphatic carbocycles. The Morgan fingerprint density at radius 2 is 2.05 bits per heavy atom. The van der Waals surface area contributed by atoms with Gasteiger partial charge in [0, 0.05) is 58.7 Å². The van der Waals surface area contributed by atoms with Gasteiger partial charge >= 0.3 is 0 Å². The zero-order valence-electron chi connectivity index (χ0n) is 12.8. The van der Waals surface area contributed by atoms with Gasteiger partial charge in [-0.2, -0.15) is 5.10 Å². The highest BCUT2D eigenvalue weighted by molar-refractivity contribution is 5.79. The van der Waals surface area contributed by atoms with Crippen LogP contribution in [-0.2, 0) is 11.3 Å². The molecule has 1 saturated heterocycles. The molecule has 1 aliphatic rings. The Balaban J connectivity index is 1.53. The monoisotopic (exact) mass is 294 g/mol. The summed E-state index contributed by atoms with van der Waals surface area (Å²) in [6.45, 7) is 7.48. The lowest BCUT2D eigenvalue weighted by molar-refractivity contribution is 0.0389. The van der Waals surface area contributed by atoms with Crippen LogP contribution in [0, 0.1) is 0 Å². The molecule has 0 radical (unpaired) electrons. The van der Waals surface area contributed by atoms with Gasteiger partial charge in [-0.25, -0.2) is 0 Å². The van der Waals surface area contributed by atoms with E-state index >= 15 is 0 Å². The van der Waals surface area contributed by atoms with Crippen molar-refractivity contribution in [2.75, 3.05) is 53.0 Å². The second kappa shape index (κ2) is 9.36. The van der Waals surface area contributed by atoms with Crippen molar-refractivity contribution >= 4 is 5.96 Å². The summed E-state index contributed by atoms with van der Waals surface area (Å²) in [6.07, 6.45) is 4.81. The number of morpholine rings is 1. The Bertz CT molecular complexity index is 400. The number of hydrogen-bond acceptors (Lipinski definition) is 4. The molecule has 1 fully saturated rings. The fourth-order valence-corrected chi connectivity index (χ4v) is 2.26. The highest BCUT2D eigenvalue weighted by Crippen LogP contribution is 1.94. The summed E-state index contributed by atoms with van der Waals surface area (Å²) < 4.78 is 7.28. The van der Waals surface area contributed by atoms with Crippen LogP contribution < -0.4 is 10.6 Å². The predicted octanol–water partition coefficient (Wildman–Crippen LogP) is -0.230. The largest absolute Gasteiger partial charge is 0.379 e. The lowest BCUT2D eigenvalue weighted by Gasteiger charge is -2.26. The average molecular weight is 294 g/mol. The summed E-state index contributed by atoms with van der Waals surface area (Å²) in [5.74, 6) is 0.865. The molecule has 0 aromatic carbocycles. The zero-order chi connectivity index (χ0) is 14.8. The van der Waals surface area contributed by atoms with E-state index in [9.17, 15) is 0 Å². The summed E-state index contributed by atoms with van der Waals surface area (Å²) in [6, 6.07) is 1.94. The first-order valence-electron chi connectivity index (χ1n) is 7.60. The number of hydrogen-bond donors (Lipinski definition) is 2. The van der Waals surface area contributed by atoms with Gasteiger partial charge in [0.05, 0.1) is 13.2 Å². The van der Waals surface area contributed by atoms with Crippen molar-refractivity contribution in [1.82, 2.24) is 25.3 Å². The second-order valence-corrected chi connectivity index (χ2v) is 5.00. The van der Waals surface area contributed by atoms with Crippen molar-refractivity contribution in [2.45, 2.75) is 13.0 Å². The maximum Gasteiger partial charge on any atom is 0.191 e. The number of nitrogens with zero attached hydrogens (tertiary/aromatic N) is 4. The highest BCUT2D eigenvalue weighted by atomic mass is 16.5.